The van der Waals surface area contributed by atoms with E-state index in [-0.39, 0.29) is 12.3 Å². The van der Waals surface area contributed by atoms with Gasteiger partial charge >= 0.3 is 5.97 Å². The zero-order valence-corrected chi connectivity index (χ0v) is 19.4. The Kier molecular flexibility index (Phi) is 9.04. The lowest BCUT2D eigenvalue weighted by Crippen LogP contribution is -2.39. The number of carbonyl (C=O) groups is 2. The molecule has 0 aliphatic rings. The number of hydrazone groups is 1. The SMILES string of the molecule is COC(=O)COc1cccc(/C=N\NC(=O)CN(c2ccc(OC)c(OC)c2)S(C)(=O)=O)c1. The molecule has 33 heavy (non-hydrogen) atoms. The molecular weight excluding hydrogens is 454 g/mol. The van der Waals surface area contributed by atoms with Crippen molar-refractivity contribution < 1.29 is 37.0 Å². The molecule has 0 saturated carbocycles. The molecule has 178 valence electrons. The second kappa shape index (κ2) is 11.7. The highest BCUT2D eigenvalue weighted by Crippen LogP contribution is 2.32. The van der Waals surface area contributed by atoms with Gasteiger partial charge in [-0.2, -0.15) is 5.10 Å². The van der Waals surface area contributed by atoms with Crippen molar-refractivity contribution in [1.82, 2.24) is 5.43 Å². The number of hydrogen-bond acceptors (Lipinski definition) is 9. The summed E-state index contributed by atoms with van der Waals surface area (Å²) in [6.45, 7) is -0.751. The molecule has 1 N–H and O–H groups in total. The van der Waals surface area contributed by atoms with E-state index in [9.17, 15) is 18.0 Å². The molecule has 11 nitrogen and oxygen atoms in total. The number of methoxy groups -OCH3 is 3. The fourth-order valence-corrected chi connectivity index (χ4v) is 3.46. The van der Waals surface area contributed by atoms with Crippen LogP contribution in [0.1, 0.15) is 5.56 Å². The smallest absolute Gasteiger partial charge is 0.343 e. The molecule has 2 aromatic carbocycles. The summed E-state index contributed by atoms with van der Waals surface area (Å²) in [5, 5.41) is 3.85. The third-order valence-electron chi connectivity index (χ3n) is 4.19. The molecule has 0 aromatic heterocycles. The summed E-state index contributed by atoms with van der Waals surface area (Å²) in [7, 11) is 0.348. The molecule has 0 saturated heterocycles. The van der Waals surface area contributed by atoms with E-state index in [2.05, 4.69) is 15.3 Å². The molecule has 0 unspecified atom stereocenters. The Morgan fingerprint density at radius 3 is 2.42 bits per heavy atom. The van der Waals surface area contributed by atoms with E-state index in [0.29, 0.717) is 22.8 Å². The number of carbonyl (C=O) groups excluding carboxylic acids is 2. The van der Waals surface area contributed by atoms with E-state index in [1.54, 1.807) is 24.3 Å². The maximum Gasteiger partial charge on any atom is 0.343 e. The summed E-state index contributed by atoms with van der Waals surface area (Å²) in [4.78, 5) is 23.5. The number of ether oxygens (including phenoxy) is 4. The van der Waals surface area contributed by atoms with Crippen LogP contribution >= 0.6 is 0 Å². The predicted octanol–water partition coefficient (Wildman–Crippen LogP) is 1.17. The molecule has 12 heteroatoms. The quantitative estimate of drug-likeness (QED) is 0.289. The van der Waals surface area contributed by atoms with E-state index < -0.39 is 28.4 Å². The van der Waals surface area contributed by atoms with Gasteiger partial charge in [-0.1, -0.05) is 12.1 Å². The van der Waals surface area contributed by atoms with Crippen molar-refractivity contribution >= 4 is 33.8 Å². The van der Waals surface area contributed by atoms with Gasteiger partial charge in [-0.05, 0) is 29.8 Å². The number of nitrogens with zero attached hydrogens (tertiary/aromatic N) is 2. The van der Waals surface area contributed by atoms with Crippen LogP contribution in [0.4, 0.5) is 5.69 Å². The number of esters is 1. The summed E-state index contributed by atoms with van der Waals surface area (Å²) in [6, 6.07) is 11.1. The minimum Gasteiger partial charge on any atom is -0.493 e. The lowest BCUT2D eigenvalue weighted by molar-refractivity contribution is -0.142. The average Bonchev–Trinajstić information content (AvgIpc) is 2.80. The molecule has 0 bridgehead atoms. The van der Waals surface area contributed by atoms with Gasteiger partial charge < -0.3 is 18.9 Å². The fraction of sp³-hybridized carbons (Fsp3) is 0.286. The number of amides is 1. The number of hydrogen-bond donors (Lipinski definition) is 1. The normalized spacial score (nSPS) is 11.0. The highest BCUT2D eigenvalue weighted by Gasteiger charge is 2.22. The minimum atomic E-state index is -3.79. The van der Waals surface area contributed by atoms with Gasteiger partial charge in [0.2, 0.25) is 10.0 Å². The van der Waals surface area contributed by atoms with Gasteiger partial charge in [0.25, 0.3) is 5.91 Å². The summed E-state index contributed by atoms with van der Waals surface area (Å²) < 4.78 is 45.6. The molecule has 2 aromatic rings. The molecule has 0 heterocycles. The molecule has 0 radical (unpaired) electrons. The standard InChI is InChI=1S/C21H25N3O8S/c1-29-18-9-8-16(11-19(18)30-2)24(33(4,27)28)13-20(25)23-22-12-15-6-5-7-17(10-15)32-14-21(26)31-3/h5-12H,13-14H2,1-4H3,(H,23,25)/b22-12-. The zero-order chi connectivity index (χ0) is 24.4. The second-order valence-corrected chi connectivity index (χ2v) is 8.45. The Hall–Kier alpha value is -3.80. The van der Waals surface area contributed by atoms with E-state index in [1.807, 2.05) is 0 Å². The van der Waals surface area contributed by atoms with Gasteiger partial charge in [0.05, 0.1) is 39.5 Å². The van der Waals surface area contributed by atoms with Gasteiger partial charge in [-0.25, -0.2) is 18.6 Å². The van der Waals surface area contributed by atoms with Crippen LogP contribution in [0, 0.1) is 0 Å². The molecule has 1 amide bonds. The van der Waals surface area contributed by atoms with Crippen molar-refractivity contribution in [1.29, 1.82) is 0 Å². The van der Waals surface area contributed by atoms with Crippen molar-refractivity contribution in [3.05, 3.63) is 48.0 Å². The maximum atomic E-state index is 12.4. The van der Waals surface area contributed by atoms with Crippen molar-refractivity contribution in [3.8, 4) is 17.2 Å². The first-order valence-corrected chi connectivity index (χ1v) is 11.3. The molecular formula is C21H25N3O8S. The molecule has 0 fully saturated rings. The third kappa shape index (κ3) is 7.68. The van der Waals surface area contributed by atoms with Crippen molar-refractivity contribution in [3.63, 3.8) is 0 Å². The molecule has 0 aliphatic heterocycles. The summed E-state index contributed by atoms with van der Waals surface area (Å²) in [5.74, 6) is -0.0406. The van der Waals surface area contributed by atoms with Crippen LogP contribution in [0.2, 0.25) is 0 Å². The van der Waals surface area contributed by atoms with Crippen LogP contribution in [0.25, 0.3) is 0 Å². The average molecular weight is 480 g/mol. The first-order chi connectivity index (χ1) is 15.7. The largest absolute Gasteiger partial charge is 0.493 e. The Morgan fingerprint density at radius 2 is 1.79 bits per heavy atom. The van der Waals surface area contributed by atoms with E-state index >= 15 is 0 Å². The number of nitrogens with one attached hydrogen (secondary N) is 1. The number of benzene rings is 2. The number of anilines is 1. The lowest BCUT2D eigenvalue weighted by Gasteiger charge is -2.22. The van der Waals surface area contributed by atoms with Crippen molar-refractivity contribution in [2.45, 2.75) is 0 Å². The number of rotatable bonds is 11. The highest BCUT2D eigenvalue weighted by molar-refractivity contribution is 7.92. The Bertz CT molecular complexity index is 1120. The summed E-state index contributed by atoms with van der Waals surface area (Å²) >= 11 is 0. The minimum absolute atomic E-state index is 0.227. The predicted molar refractivity (Wildman–Crippen MR) is 121 cm³/mol. The van der Waals surface area contributed by atoms with Crippen LogP contribution in [0.3, 0.4) is 0 Å². The van der Waals surface area contributed by atoms with Gasteiger partial charge in [-0.3, -0.25) is 9.10 Å². The molecule has 0 spiro atoms. The van der Waals surface area contributed by atoms with Crippen LogP contribution in [0.15, 0.2) is 47.6 Å². The van der Waals surface area contributed by atoms with Crippen LogP contribution in [0.5, 0.6) is 17.2 Å². The fourth-order valence-electron chi connectivity index (χ4n) is 2.61. The first kappa shape index (κ1) is 25.5. The third-order valence-corrected chi connectivity index (χ3v) is 5.33. The van der Waals surface area contributed by atoms with E-state index in [4.69, 9.17) is 14.2 Å². The molecule has 2 rings (SSSR count). The monoisotopic (exact) mass is 479 g/mol. The van der Waals surface area contributed by atoms with Gasteiger partial charge in [0, 0.05) is 6.07 Å². The Morgan fingerprint density at radius 1 is 1.06 bits per heavy atom. The van der Waals surface area contributed by atoms with E-state index in [0.717, 1.165) is 10.6 Å². The molecule has 0 aliphatic carbocycles. The Balaban J connectivity index is 2.07. The van der Waals surface area contributed by atoms with E-state index in [1.165, 1.54) is 45.7 Å². The van der Waals surface area contributed by atoms with Crippen LogP contribution in [-0.2, 0) is 24.3 Å². The topological polar surface area (TPSA) is 133 Å². The summed E-state index contributed by atoms with van der Waals surface area (Å²) in [6.07, 6.45) is 2.34. The van der Waals surface area contributed by atoms with Gasteiger partial charge in [-0.15, -0.1) is 0 Å². The van der Waals surface area contributed by atoms with Crippen LogP contribution < -0.4 is 23.9 Å². The second-order valence-electron chi connectivity index (χ2n) is 6.54. The van der Waals surface area contributed by atoms with Gasteiger partial charge in [0.15, 0.2) is 18.1 Å². The first-order valence-electron chi connectivity index (χ1n) is 9.49. The van der Waals surface area contributed by atoms with Crippen molar-refractivity contribution in [2.24, 2.45) is 5.10 Å². The maximum absolute atomic E-state index is 12.4. The van der Waals surface area contributed by atoms with Gasteiger partial charge in [0.1, 0.15) is 12.3 Å². The zero-order valence-electron chi connectivity index (χ0n) is 18.6. The number of sulfonamides is 1. The highest BCUT2D eigenvalue weighted by atomic mass is 32.2. The molecule has 0 atom stereocenters. The van der Waals surface area contributed by atoms with Crippen molar-refractivity contribution in [2.75, 3.05) is 45.0 Å². The Labute approximate surface area is 191 Å². The van der Waals surface area contributed by atoms with Crippen LogP contribution in [-0.4, -0.2) is 67.2 Å². The summed E-state index contributed by atoms with van der Waals surface area (Å²) in [5.41, 5.74) is 3.09. The lowest BCUT2D eigenvalue weighted by atomic mass is 10.2.